The zero-order valence-electron chi connectivity index (χ0n) is 11.9. The lowest BCUT2D eigenvalue weighted by molar-refractivity contribution is 0.0998. The van der Waals surface area contributed by atoms with Crippen molar-refractivity contribution >= 4 is 49.4 Å². The maximum absolute atomic E-state index is 12.4. The molecule has 2 heterocycles. The number of hydrogen-bond donors (Lipinski definition) is 1. The van der Waals surface area contributed by atoms with Crippen LogP contribution < -0.4 is 5.32 Å². The maximum atomic E-state index is 12.4. The Hall–Kier alpha value is -2.66. The molecular formula is C18H11BrN2O2. The molecule has 1 amide bonds. The molecule has 0 aliphatic carbocycles. The van der Waals surface area contributed by atoms with Gasteiger partial charge < -0.3 is 9.73 Å². The molecule has 0 fully saturated rings. The predicted molar refractivity (Wildman–Crippen MR) is 93.6 cm³/mol. The molecule has 0 aliphatic rings. The summed E-state index contributed by atoms with van der Waals surface area (Å²) in [5.41, 5.74) is 2.18. The lowest BCUT2D eigenvalue weighted by Crippen LogP contribution is -2.10. The zero-order chi connectivity index (χ0) is 15.8. The van der Waals surface area contributed by atoms with Gasteiger partial charge in [-0.1, -0.05) is 30.3 Å². The molecule has 4 rings (SSSR count). The molecule has 0 radical (unpaired) electrons. The van der Waals surface area contributed by atoms with E-state index in [0.29, 0.717) is 11.3 Å². The molecule has 4 aromatic rings. The summed E-state index contributed by atoms with van der Waals surface area (Å²) in [6, 6.07) is 17.0. The van der Waals surface area contributed by atoms with E-state index in [9.17, 15) is 4.79 Å². The summed E-state index contributed by atoms with van der Waals surface area (Å²) in [7, 11) is 0. The molecule has 0 unspecified atom stereocenters. The van der Waals surface area contributed by atoms with Crippen molar-refractivity contribution in [1.82, 2.24) is 4.98 Å². The van der Waals surface area contributed by atoms with E-state index in [2.05, 4.69) is 26.2 Å². The minimum atomic E-state index is -0.301. The highest BCUT2D eigenvalue weighted by Crippen LogP contribution is 2.27. The molecule has 2 aromatic heterocycles. The Morgan fingerprint density at radius 1 is 1.04 bits per heavy atom. The third-order valence-electron chi connectivity index (χ3n) is 3.57. The third kappa shape index (κ3) is 2.59. The van der Waals surface area contributed by atoms with Gasteiger partial charge in [0.05, 0.1) is 21.9 Å². The number of furan rings is 1. The maximum Gasteiger partial charge on any atom is 0.291 e. The molecule has 0 saturated heterocycles. The topological polar surface area (TPSA) is 55.1 Å². The van der Waals surface area contributed by atoms with Gasteiger partial charge in [0.15, 0.2) is 5.76 Å². The Bertz CT molecular complexity index is 1040. The number of nitrogens with one attached hydrogen (secondary N) is 1. The van der Waals surface area contributed by atoms with Gasteiger partial charge in [0.1, 0.15) is 5.58 Å². The number of benzene rings is 2. The lowest BCUT2D eigenvalue weighted by Gasteiger charge is -2.04. The number of pyridine rings is 1. The first-order valence-corrected chi connectivity index (χ1v) is 7.84. The van der Waals surface area contributed by atoms with Crippen molar-refractivity contribution in [1.29, 1.82) is 0 Å². The SMILES string of the molecule is O=C(Nc1cnc2ccccc2c1)c1cc2cccc(Br)c2o1. The summed E-state index contributed by atoms with van der Waals surface area (Å²) in [6.45, 7) is 0. The third-order valence-corrected chi connectivity index (χ3v) is 4.19. The summed E-state index contributed by atoms with van der Waals surface area (Å²) >= 11 is 3.42. The highest BCUT2D eigenvalue weighted by atomic mass is 79.9. The fourth-order valence-electron chi connectivity index (χ4n) is 2.47. The van der Waals surface area contributed by atoms with Crippen LogP contribution in [0.25, 0.3) is 21.9 Å². The van der Waals surface area contributed by atoms with E-state index in [-0.39, 0.29) is 11.7 Å². The monoisotopic (exact) mass is 366 g/mol. The van der Waals surface area contributed by atoms with Gasteiger partial charge >= 0.3 is 0 Å². The number of carbonyl (C=O) groups excluding carboxylic acids is 1. The van der Waals surface area contributed by atoms with Crippen molar-refractivity contribution in [3.8, 4) is 0 Å². The number of aromatic nitrogens is 1. The van der Waals surface area contributed by atoms with Crippen molar-refractivity contribution in [2.45, 2.75) is 0 Å². The molecule has 0 bridgehead atoms. The first-order chi connectivity index (χ1) is 11.2. The molecule has 112 valence electrons. The Morgan fingerprint density at radius 3 is 2.74 bits per heavy atom. The van der Waals surface area contributed by atoms with Crippen LogP contribution in [0.3, 0.4) is 0 Å². The van der Waals surface area contributed by atoms with Crippen LogP contribution in [0.4, 0.5) is 5.69 Å². The second-order valence-corrected chi connectivity index (χ2v) is 5.99. The second kappa shape index (κ2) is 5.52. The van der Waals surface area contributed by atoms with Crippen LogP contribution in [-0.2, 0) is 0 Å². The fourth-order valence-corrected chi connectivity index (χ4v) is 2.93. The number of nitrogens with zero attached hydrogens (tertiary/aromatic N) is 1. The van der Waals surface area contributed by atoms with E-state index in [0.717, 1.165) is 20.8 Å². The molecular weight excluding hydrogens is 356 g/mol. The quantitative estimate of drug-likeness (QED) is 0.543. The van der Waals surface area contributed by atoms with Crippen LogP contribution in [0, 0.1) is 0 Å². The minimum absolute atomic E-state index is 0.264. The van der Waals surface area contributed by atoms with Gasteiger partial charge in [-0.05, 0) is 40.2 Å². The normalized spacial score (nSPS) is 11.0. The lowest BCUT2D eigenvalue weighted by atomic mass is 10.2. The average molecular weight is 367 g/mol. The Balaban J connectivity index is 1.66. The van der Waals surface area contributed by atoms with Gasteiger partial charge in [-0.15, -0.1) is 0 Å². The molecule has 0 aliphatic heterocycles. The predicted octanol–water partition coefficient (Wildman–Crippen LogP) is 5.00. The largest absolute Gasteiger partial charge is 0.450 e. The Morgan fingerprint density at radius 2 is 1.87 bits per heavy atom. The van der Waals surface area contributed by atoms with Crippen LogP contribution in [0.5, 0.6) is 0 Å². The summed E-state index contributed by atoms with van der Waals surface area (Å²) in [5, 5.41) is 4.67. The van der Waals surface area contributed by atoms with Gasteiger partial charge in [-0.3, -0.25) is 9.78 Å². The summed E-state index contributed by atoms with van der Waals surface area (Å²) in [6.07, 6.45) is 1.64. The molecule has 4 nitrogen and oxygen atoms in total. The van der Waals surface area contributed by atoms with Crippen LogP contribution in [0.15, 0.2) is 69.7 Å². The molecule has 1 N–H and O–H groups in total. The average Bonchev–Trinajstić information content (AvgIpc) is 3.01. The minimum Gasteiger partial charge on any atom is -0.450 e. The number of amides is 1. The van der Waals surface area contributed by atoms with Gasteiger partial charge in [0, 0.05) is 10.8 Å². The fraction of sp³-hybridized carbons (Fsp3) is 0. The highest BCUT2D eigenvalue weighted by molar-refractivity contribution is 9.10. The molecule has 0 spiro atoms. The molecule has 2 aromatic carbocycles. The summed E-state index contributed by atoms with van der Waals surface area (Å²) in [5.74, 6) is -0.0368. The number of rotatable bonds is 2. The van der Waals surface area contributed by atoms with E-state index in [1.54, 1.807) is 12.3 Å². The van der Waals surface area contributed by atoms with Crippen LogP contribution in [0.1, 0.15) is 10.6 Å². The van der Waals surface area contributed by atoms with Gasteiger partial charge in [0.2, 0.25) is 0 Å². The first-order valence-electron chi connectivity index (χ1n) is 7.05. The van der Waals surface area contributed by atoms with Crippen molar-refractivity contribution in [2.75, 3.05) is 5.32 Å². The van der Waals surface area contributed by atoms with E-state index in [1.165, 1.54) is 0 Å². The van der Waals surface area contributed by atoms with Gasteiger partial charge in [-0.25, -0.2) is 0 Å². The van der Waals surface area contributed by atoms with E-state index in [4.69, 9.17) is 4.42 Å². The summed E-state index contributed by atoms with van der Waals surface area (Å²) in [4.78, 5) is 16.7. The van der Waals surface area contributed by atoms with E-state index >= 15 is 0 Å². The van der Waals surface area contributed by atoms with Crippen LogP contribution >= 0.6 is 15.9 Å². The molecule has 23 heavy (non-hydrogen) atoms. The molecule has 0 atom stereocenters. The summed E-state index contributed by atoms with van der Waals surface area (Å²) < 4.78 is 6.46. The van der Waals surface area contributed by atoms with Gasteiger partial charge in [-0.2, -0.15) is 0 Å². The van der Waals surface area contributed by atoms with Crippen molar-refractivity contribution in [3.05, 3.63) is 71.0 Å². The van der Waals surface area contributed by atoms with Crippen LogP contribution in [-0.4, -0.2) is 10.9 Å². The number of para-hydroxylation sites is 2. The van der Waals surface area contributed by atoms with Crippen molar-refractivity contribution in [2.24, 2.45) is 0 Å². The number of halogens is 1. The molecule has 0 saturated carbocycles. The Labute approximate surface area is 140 Å². The van der Waals surface area contributed by atoms with Gasteiger partial charge in [0.25, 0.3) is 5.91 Å². The number of anilines is 1. The van der Waals surface area contributed by atoms with Crippen LogP contribution in [0.2, 0.25) is 0 Å². The highest BCUT2D eigenvalue weighted by Gasteiger charge is 2.14. The van der Waals surface area contributed by atoms with Crippen molar-refractivity contribution in [3.63, 3.8) is 0 Å². The zero-order valence-corrected chi connectivity index (χ0v) is 13.5. The Kier molecular flexibility index (Phi) is 3.35. The number of hydrogen-bond acceptors (Lipinski definition) is 3. The first kappa shape index (κ1) is 14.0. The second-order valence-electron chi connectivity index (χ2n) is 5.14. The van der Waals surface area contributed by atoms with E-state index in [1.807, 2.05) is 48.5 Å². The standard InChI is InChI=1S/C18H11BrN2O2/c19-14-6-3-5-12-9-16(23-17(12)14)18(22)21-13-8-11-4-1-2-7-15(11)20-10-13/h1-10H,(H,21,22). The smallest absolute Gasteiger partial charge is 0.291 e. The number of carbonyl (C=O) groups is 1. The van der Waals surface area contributed by atoms with Crippen molar-refractivity contribution < 1.29 is 9.21 Å². The molecule has 5 heteroatoms. The van der Waals surface area contributed by atoms with E-state index < -0.39 is 0 Å². The number of fused-ring (bicyclic) bond motifs is 2.